The minimum atomic E-state index is -0.376. The van der Waals surface area contributed by atoms with Crippen molar-refractivity contribution >= 4 is 17.9 Å². The van der Waals surface area contributed by atoms with E-state index in [1.807, 2.05) is 0 Å². The first kappa shape index (κ1) is 14.6. The van der Waals surface area contributed by atoms with Crippen molar-refractivity contribution in [3.63, 3.8) is 0 Å². The Labute approximate surface area is 122 Å². The molecule has 0 aliphatic heterocycles. The predicted molar refractivity (Wildman–Crippen MR) is 79.4 cm³/mol. The van der Waals surface area contributed by atoms with E-state index in [2.05, 4.69) is 4.99 Å². The van der Waals surface area contributed by atoms with Gasteiger partial charge in [-0.05, 0) is 49.4 Å². The monoisotopic (exact) mass is 285 g/mol. The molecule has 0 radical (unpaired) electrons. The van der Waals surface area contributed by atoms with E-state index >= 15 is 0 Å². The summed E-state index contributed by atoms with van der Waals surface area (Å²) in [4.78, 5) is 15.7. The van der Waals surface area contributed by atoms with Gasteiger partial charge in [0.15, 0.2) is 0 Å². The van der Waals surface area contributed by atoms with Crippen LogP contribution in [0, 0.1) is 0 Å². The third-order valence-electron chi connectivity index (χ3n) is 2.74. The van der Waals surface area contributed by atoms with Gasteiger partial charge in [0.1, 0.15) is 11.5 Å². The average molecular weight is 285 g/mol. The van der Waals surface area contributed by atoms with E-state index in [0.29, 0.717) is 23.4 Å². The second-order valence-corrected chi connectivity index (χ2v) is 4.27. The lowest BCUT2D eigenvalue weighted by molar-refractivity contribution is 0.0526. The molecule has 0 aliphatic rings. The summed E-state index contributed by atoms with van der Waals surface area (Å²) in [6.45, 7) is 2.08. The molecule has 0 saturated heterocycles. The van der Waals surface area contributed by atoms with E-state index in [9.17, 15) is 15.0 Å². The highest BCUT2D eigenvalue weighted by Gasteiger charge is 2.05. The first-order chi connectivity index (χ1) is 10.1. The van der Waals surface area contributed by atoms with Gasteiger partial charge in [-0.3, -0.25) is 4.99 Å². The Hall–Kier alpha value is -2.82. The number of aliphatic imine (C=N–C) groups is 1. The zero-order valence-corrected chi connectivity index (χ0v) is 11.5. The zero-order chi connectivity index (χ0) is 15.2. The molecule has 0 bridgehead atoms. The lowest BCUT2D eigenvalue weighted by Gasteiger charge is -2.02. The van der Waals surface area contributed by atoms with Crippen LogP contribution in [0.25, 0.3) is 0 Å². The fourth-order valence-corrected chi connectivity index (χ4v) is 1.69. The molecule has 0 unspecified atom stereocenters. The second kappa shape index (κ2) is 6.56. The highest BCUT2D eigenvalue weighted by atomic mass is 16.5. The number of aromatic hydroxyl groups is 2. The fourth-order valence-electron chi connectivity index (χ4n) is 1.69. The predicted octanol–water partition coefficient (Wildman–Crippen LogP) is 3.03. The van der Waals surface area contributed by atoms with Gasteiger partial charge in [-0.25, -0.2) is 4.79 Å². The molecular weight excluding hydrogens is 270 g/mol. The summed E-state index contributed by atoms with van der Waals surface area (Å²) in [5, 5.41) is 19.0. The van der Waals surface area contributed by atoms with Crippen molar-refractivity contribution in [2.45, 2.75) is 6.92 Å². The molecule has 2 N–H and O–H groups in total. The molecule has 0 aliphatic carbocycles. The maximum Gasteiger partial charge on any atom is 0.338 e. The van der Waals surface area contributed by atoms with Crippen molar-refractivity contribution in [3.05, 3.63) is 53.6 Å². The van der Waals surface area contributed by atoms with Gasteiger partial charge >= 0.3 is 5.97 Å². The SMILES string of the molecule is CCOC(=O)c1ccc(N=Cc2cc(O)ccc2O)cc1. The zero-order valence-electron chi connectivity index (χ0n) is 11.5. The van der Waals surface area contributed by atoms with Gasteiger partial charge in [-0.1, -0.05) is 0 Å². The van der Waals surface area contributed by atoms with Gasteiger partial charge < -0.3 is 14.9 Å². The molecule has 21 heavy (non-hydrogen) atoms. The summed E-state index contributed by atoms with van der Waals surface area (Å²) in [7, 11) is 0. The lowest BCUT2D eigenvalue weighted by Crippen LogP contribution is -2.03. The number of hydrogen-bond acceptors (Lipinski definition) is 5. The Balaban J connectivity index is 2.14. The Morgan fingerprint density at radius 2 is 1.90 bits per heavy atom. The Kier molecular flexibility index (Phi) is 4.56. The van der Waals surface area contributed by atoms with Crippen molar-refractivity contribution < 1.29 is 19.7 Å². The molecule has 2 aromatic rings. The van der Waals surface area contributed by atoms with Gasteiger partial charge in [0.25, 0.3) is 0 Å². The summed E-state index contributed by atoms with van der Waals surface area (Å²) in [6, 6.07) is 10.8. The maximum absolute atomic E-state index is 11.5. The second-order valence-electron chi connectivity index (χ2n) is 4.27. The number of hydrogen-bond donors (Lipinski definition) is 2. The average Bonchev–Trinajstić information content (AvgIpc) is 2.49. The van der Waals surface area contributed by atoms with Gasteiger partial charge in [0.2, 0.25) is 0 Å². The molecule has 0 aromatic heterocycles. The van der Waals surface area contributed by atoms with Gasteiger partial charge in [0.05, 0.1) is 17.9 Å². The molecular formula is C16H15NO4. The normalized spacial score (nSPS) is 10.7. The van der Waals surface area contributed by atoms with Gasteiger partial charge in [0, 0.05) is 11.8 Å². The lowest BCUT2D eigenvalue weighted by atomic mass is 10.2. The number of phenols is 2. The van der Waals surface area contributed by atoms with Crippen LogP contribution in [0.1, 0.15) is 22.8 Å². The van der Waals surface area contributed by atoms with E-state index in [1.165, 1.54) is 24.4 Å². The molecule has 0 amide bonds. The molecule has 5 nitrogen and oxygen atoms in total. The van der Waals surface area contributed by atoms with Crippen LogP contribution in [0.15, 0.2) is 47.5 Å². The van der Waals surface area contributed by atoms with Crippen LogP contribution in [-0.4, -0.2) is 29.0 Å². The molecule has 0 heterocycles. The van der Waals surface area contributed by atoms with E-state index in [1.54, 1.807) is 31.2 Å². The number of esters is 1. The Morgan fingerprint density at radius 3 is 2.57 bits per heavy atom. The van der Waals surface area contributed by atoms with Crippen molar-refractivity contribution in [3.8, 4) is 11.5 Å². The quantitative estimate of drug-likeness (QED) is 0.514. The van der Waals surface area contributed by atoms with Crippen molar-refractivity contribution in [2.24, 2.45) is 4.99 Å². The molecule has 0 spiro atoms. The van der Waals surface area contributed by atoms with Gasteiger partial charge in [-0.15, -0.1) is 0 Å². The van der Waals surface area contributed by atoms with Crippen LogP contribution in [-0.2, 0) is 4.74 Å². The summed E-state index contributed by atoms with van der Waals surface area (Å²) >= 11 is 0. The molecule has 5 heteroatoms. The Bertz CT molecular complexity index is 662. The van der Waals surface area contributed by atoms with Gasteiger partial charge in [-0.2, -0.15) is 0 Å². The van der Waals surface area contributed by atoms with Crippen molar-refractivity contribution in [1.82, 2.24) is 0 Å². The number of ether oxygens (including phenoxy) is 1. The van der Waals surface area contributed by atoms with E-state index in [-0.39, 0.29) is 17.5 Å². The standard InChI is InChI=1S/C16H15NO4/c1-2-21-16(20)11-3-5-13(6-4-11)17-10-12-9-14(18)7-8-15(12)19/h3-10,18-19H,2H2,1H3. The van der Waals surface area contributed by atoms with Crippen LogP contribution in [0.5, 0.6) is 11.5 Å². The van der Waals surface area contributed by atoms with Crippen molar-refractivity contribution in [2.75, 3.05) is 6.61 Å². The number of nitrogens with zero attached hydrogens (tertiary/aromatic N) is 1. The van der Waals surface area contributed by atoms with Crippen LogP contribution < -0.4 is 0 Å². The molecule has 0 atom stereocenters. The number of benzene rings is 2. The van der Waals surface area contributed by atoms with Crippen LogP contribution in [0.2, 0.25) is 0 Å². The summed E-state index contributed by atoms with van der Waals surface area (Å²) in [5.74, 6) is -0.301. The summed E-state index contributed by atoms with van der Waals surface area (Å²) in [6.07, 6.45) is 1.44. The van der Waals surface area contributed by atoms with Crippen LogP contribution in [0.4, 0.5) is 5.69 Å². The smallest absolute Gasteiger partial charge is 0.338 e. The fraction of sp³-hybridized carbons (Fsp3) is 0.125. The first-order valence-electron chi connectivity index (χ1n) is 6.43. The van der Waals surface area contributed by atoms with E-state index in [4.69, 9.17) is 4.74 Å². The molecule has 2 aromatic carbocycles. The molecule has 2 rings (SSSR count). The summed E-state index contributed by atoms with van der Waals surface area (Å²) < 4.78 is 4.89. The number of carbonyl (C=O) groups is 1. The summed E-state index contributed by atoms with van der Waals surface area (Å²) in [5.41, 5.74) is 1.48. The Morgan fingerprint density at radius 1 is 1.19 bits per heavy atom. The number of phenolic OH excluding ortho intramolecular Hbond substituents is 2. The van der Waals surface area contributed by atoms with E-state index in [0.717, 1.165) is 0 Å². The minimum Gasteiger partial charge on any atom is -0.508 e. The minimum absolute atomic E-state index is 0.0275. The van der Waals surface area contributed by atoms with E-state index < -0.39 is 0 Å². The third kappa shape index (κ3) is 3.82. The highest BCUT2D eigenvalue weighted by Crippen LogP contribution is 2.21. The first-order valence-corrected chi connectivity index (χ1v) is 6.43. The topological polar surface area (TPSA) is 79.1 Å². The maximum atomic E-state index is 11.5. The third-order valence-corrected chi connectivity index (χ3v) is 2.74. The highest BCUT2D eigenvalue weighted by molar-refractivity contribution is 5.90. The number of carbonyl (C=O) groups excluding carboxylic acids is 1. The van der Waals surface area contributed by atoms with Crippen LogP contribution >= 0.6 is 0 Å². The van der Waals surface area contributed by atoms with Crippen LogP contribution in [0.3, 0.4) is 0 Å². The molecule has 0 saturated carbocycles. The number of rotatable bonds is 4. The molecule has 108 valence electrons. The van der Waals surface area contributed by atoms with Crippen molar-refractivity contribution in [1.29, 1.82) is 0 Å². The molecule has 0 fully saturated rings. The largest absolute Gasteiger partial charge is 0.508 e.